The number of carbonyl (C=O) groups is 1. The van der Waals surface area contributed by atoms with E-state index in [1.807, 2.05) is 12.1 Å². The lowest BCUT2D eigenvalue weighted by Gasteiger charge is -2.18. The van der Waals surface area contributed by atoms with Gasteiger partial charge in [-0.15, -0.1) is 0 Å². The largest absolute Gasteiger partial charge is 0.379 e. The molecule has 0 radical (unpaired) electrons. The molecule has 9 nitrogen and oxygen atoms in total. The first-order valence-electron chi connectivity index (χ1n) is 10.4. The van der Waals surface area contributed by atoms with Crippen molar-refractivity contribution >= 4 is 11.7 Å². The van der Waals surface area contributed by atoms with Crippen molar-refractivity contribution in [3.63, 3.8) is 0 Å². The van der Waals surface area contributed by atoms with Crippen LogP contribution in [0.15, 0.2) is 29.3 Å². The first kappa shape index (κ1) is 18.9. The van der Waals surface area contributed by atoms with Crippen LogP contribution >= 0.6 is 0 Å². The number of nitrogens with zero attached hydrogens (tertiary/aromatic N) is 4. The monoisotopic (exact) mass is 408 g/mol. The highest BCUT2D eigenvalue weighted by atomic mass is 16.5. The van der Waals surface area contributed by atoms with E-state index in [1.165, 1.54) is 10.1 Å². The molecule has 0 bridgehead atoms. The number of aromatic nitrogens is 5. The zero-order chi connectivity index (χ0) is 20.5. The fourth-order valence-corrected chi connectivity index (χ4v) is 4.36. The zero-order valence-corrected chi connectivity index (χ0v) is 16.6. The van der Waals surface area contributed by atoms with Gasteiger partial charge in [0.05, 0.1) is 31.4 Å². The highest BCUT2D eigenvalue weighted by Crippen LogP contribution is 2.19. The van der Waals surface area contributed by atoms with E-state index in [4.69, 9.17) is 4.74 Å². The first-order valence-corrected chi connectivity index (χ1v) is 10.4. The molecule has 0 unspecified atom stereocenters. The molecule has 1 aliphatic heterocycles. The molecule has 156 valence electrons. The van der Waals surface area contributed by atoms with E-state index in [9.17, 15) is 9.59 Å². The summed E-state index contributed by atoms with van der Waals surface area (Å²) < 4.78 is 6.96. The van der Waals surface area contributed by atoms with Gasteiger partial charge < -0.3 is 10.1 Å². The Morgan fingerprint density at radius 3 is 2.90 bits per heavy atom. The highest BCUT2D eigenvalue weighted by molar-refractivity contribution is 5.78. The van der Waals surface area contributed by atoms with Gasteiger partial charge in [-0.1, -0.05) is 0 Å². The quantitative estimate of drug-likeness (QED) is 0.639. The molecular weight excluding hydrogens is 384 g/mol. The molecule has 2 N–H and O–H groups in total. The van der Waals surface area contributed by atoms with Gasteiger partial charge in [-0.3, -0.25) is 19.7 Å². The second-order valence-electron chi connectivity index (χ2n) is 8.06. The van der Waals surface area contributed by atoms with Gasteiger partial charge >= 0.3 is 0 Å². The molecule has 1 fully saturated rings. The molecule has 1 amide bonds. The number of carbonyl (C=O) groups excluding carboxylic acids is 1. The average Bonchev–Trinajstić information content (AvgIpc) is 3.35. The highest BCUT2D eigenvalue weighted by Gasteiger charge is 2.30. The lowest BCUT2D eigenvalue weighted by molar-refractivity contribution is -0.121. The summed E-state index contributed by atoms with van der Waals surface area (Å²) in [5.41, 5.74) is 2.68. The maximum atomic E-state index is 12.7. The van der Waals surface area contributed by atoms with Gasteiger partial charge in [0.2, 0.25) is 5.91 Å². The van der Waals surface area contributed by atoms with Crippen molar-refractivity contribution in [2.24, 2.45) is 5.92 Å². The fourth-order valence-electron chi connectivity index (χ4n) is 4.36. The van der Waals surface area contributed by atoms with Crippen LogP contribution in [-0.4, -0.2) is 49.7 Å². The predicted octanol–water partition coefficient (Wildman–Crippen LogP) is 0.608. The number of ether oxygens (including phenoxy) is 1. The number of hydrogen-bond donors (Lipinski definition) is 2. The zero-order valence-electron chi connectivity index (χ0n) is 16.6. The summed E-state index contributed by atoms with van der Waals surface area (Å²) in [4.78, 5) is 38.3. The second kappa shape index (κ2) is 7.98. The lowest BCUT2D eigenvalue weighted by Crippen LogP contribution is -2.41. The minimum Gasteiger partial charge on any atom is -0.379 e. The predicted molar refractivity (Wildman–Crippen MR) is 108 cm³/mol. The molecule has 2 atom stereocenters. The molecule has 0 saturated carbocycles. The van der Waals surface area contributed by atoms with Crippen LogP contribution in [-0.2, 0) is 35.2 Å². The Labute approximate surface area is 172 Å². The third kappa shape index (κ3) is 3.72. The van der Waals surface area contributed by atoms with E-state index < -0.39 is 0 Å². The summed E-state index contributed by atoms with van der Waals surface area (Å²) >= 11 is 0. The Morgan fingerprint density at radius 1 is 1.20 bits per heavy atom. The minimum atomic E-state index is -0.151. The fraction of sp³-hybridized carbons (Fsp3) is 0.476. The summed E-state index contributed by atoms with van der Waals surface area (Å²) in [5, 5.41) is 6.02. The maximum absolute atomic E-state index is 12.7. The van der Waals surface area contributed by atoms with Crippen LogP contribution in [0.1, 0.15) is 35.5 Å². The van der Waals surface area contributed by atoms with Crippen molar-refractivity contribution in [1.29, 1.82) is 0 Å². The summed E-state index contributed by atoms with van der Waals surface area (Å²) in [7, 11) is 0. The summed E-state index contributed by atoms with van der Waals surface area (Å²) in [6.07, 6.45) is 8.03. The number of rotatable bonds is 5. The Bertz CT molecular complexity index is 1120. The van der Waals surface area contributed by atoms with Crippen molar-refractivity contribution < 1.29 is 9.53 Å². The van der Waals surface area contributed by atoms with Gasteiger partial charge in [0.25, 0.3) is 11.3 Å². The maximum Gasteiger partial charge on any atom is 0.277 e. The normalized spacial score (nSPS) is 20.9. The van der Waals surface area contributed by atoms with Crippen LogP contribution < -0.4 is 10.9 Å². The van der Waals surface area contributed by atoms with Gasteiger partial charge in [0.15, 0.2) is 0 Å². The molecule has 0 spiro atoms. The minimum absolute atomic E-state index is 0.0526. The van der Waals surface area contributed by atoms with E-state index in [-0.39, 0.29) is 29.8 Å². The van der Waals surface area contributed by atoms with Crippen LogP contribution in [0.25, 0.3) is 5.78 Å². The number of nitrogens with one attached hydrogen (secondary N) is 2. The Morgan fingerprint density at radius 2 is 2.03 bits per heavy atom. The van der Waals surface area contributed by atoms with Crippen molar-refractivity contribution in [3.05, 3.63) is 57.5 Å². The Hall–Kier alpha value is -3.07. The molecule has 5 rings (SSSR count). The third-order valence-corrected chi connectivity index (χ3v) is 5.93. The average molecular weight is 408 g/mol. The molecule has 3 aromatic heterocycles. The second-order valence-corrected chi connectivity index (χ2v) is 8.06. The van der Waals surface area contributed by atoms with E-state index in [0.717, 1.165) is 43.4 Å². The number of H-pyrrole nitrogens is 1. The van der Waals surface area contributed by atoms with Crippen molar-refractivity contribution in [2.75, 3.05) is 13.2 Å². The summed E-state index contributed by atoms with van der Waals surface area (Å²) in [6.45, 7) is 1.11. The molecular formula is C21H24N6O3. The molecule has 1 aliphatic carbocycles. The molecule has 3 aromatic rings. The Kier molecular flexibility index (Phi) is 5.04. The molecule has 2 aliphatic rings. The van der Waals surface area contributed by atoms with Crippen LogP contribution in [0.3, 0.4) is 0 Å². The molecule has 0 aromatic carbocycles. The molecule has 9 heteroatoms. The number of hydrogen-bond acceptors (Lipinski definition) is 6. The number of aromatic amines is 1. The van der Waals surface area contributed by atoms with Crippen LogP contribution in [0.2, 0.25) is 0 Å². The van der Waals surface area contributed by atoms with Crippen molar-refractivity contribution in [2.45, 2.75) is 44.6 Å². The smallest absolute Gasteiger partial charge is 0.277 e. The SMILES string of the molecule is O=C(Cc1nc2nc3c(c(=O)n2[nH]1)CCCC3)N[C@H]1COC[C@H]1Cc1ccncc1. The van der Waals surface area contributed by atoms with Gasteiger partial charge in [-0.2, -0.15) is 9.50 Å². The summed E-state index contributed by atoms with van der Waals surface area (Å²) in [6, 6.07) is 3.91. The molecule has 30 heavy (non-hydrogen) atoms. The van der Waals surface area contributed by atoms with Gasteiger partial charge in [0, 0.05) is 23.9 Å². The van der Waals surface area contributed by atoms with Crippen LogP contribution in [0, 0.1) is 5.92 Å². The van der Waals surface area contributed by atoms with E-state index >= 15 is 0 Å². The van der Waals surface area contributed by atoms with E-state index in [2.05, 4.69) is 25.4 Å². The van der Waals surface area contributed by atoms with Crippen LogP contribution in [0.5, 0.6) is 0 Å². The van der Waals surface area contributed by atoms with Gasteiger partial charge in [0.1, 0.15) is 5.82 Å². The van der Waals surface area contributed by atoms with Crippen molar-refractivity contribution in [3.8, 4) is 0 Å². The first-order chi connectivity index (χ1) is 14.7. The van der Waals surface area contributed by atoms with Crippen molar-refractivity contribution in [1.82, 2.24) is 29.9 Å². The standard InChI is InChI=1S/C21H24N6O3/c28-19(23-17-12-30-11-14(17)9-13-5-7-22-8-6-13)10-18-25-21-24-16-4-2-1-3-15(16)20(29)27(21)26-18/h5-8,14,17H,1-4,9-12H2,(H,23,28)(H,24,25,26)/t14-,17+/m1/s1. The lowest BCUT2D eigenvalue weighted by atomic mass is 9.95. The topological polar surface area (TPSA) is 114 Å². The third-order valence-electron chi connectivity index (χ3n) is 5.93. The Balaban J connectivity index is 1.27. The number of fused-ring (bicyclic) bond motifs is 2. The number of aryl methyl sites for hydroxylation is 1. The number of amides is 1. The van der Waals surface area contributed by atoms with E-state index in [1.54, 1.807) is 12.4 Å². The molecule has 1 saturated heterocycles. The number of pyridine rings is 1. The van der Waals surface area contributed by atoms with Crippen LogP contribution in [0.4, 0.5) is 0 Å². The molecule has 4 heterocycles. The summed E-state index contributed by atoms with van der Waals surface area (Å²) in [5.74, 6) is 0.831. The van der Waals surface area contributed by atoms with Gasteiger partial charge in [-0.05, 0) is 49.8 Å². The van der Waals surface area contributed by atoms with E-state index in [0.29, 0.717) is 24.8 Å². The van der Waals surface area contributed by atoms with Gasteiger partial charge in [-0.25, -0.2) is 4.98 Å².